The number of amides is 1. The van der Waals surface area contributed by atoms with Crippen molar-refractivity contribution >= 4 is 33.2 Å². The third-order valence-corrected chi connectivity index (χ3v) is 4.32. The number of hydrogen-bond acceptors (Lipinski definition) is 2. The van der Waals surface area contributed by atoms with Crippen molar-refractivity contribution in [1.29, 1.82) is 0 Å². The number of fused-ring (bicyclic) bond motifs is 1. The van der Waals surface area contributed by atoms with E-state index in [4.69, 9.17) is 0 Å². The van der Waals surface area contributed by atoms with Crippen molar-refractivity contribution in [2.45, 2.75) is 6.54 Å². The predicted octanol–water partition coefficient (Wildman–Crippen LogP) is 3.42. The minimum Gasteiger partial charge on any atom is -0.348 e. The molecule has 0 bridgehead atoms. The van der Waals surface area contributed by atoms with Gasteiger partial charge in [0.25, 0.3) is 5.91 Å². The van der Waals surface area contributed by atoms with Gasteiger partial charge in [-0.25, -0.2) is 0 Å². The van der Waals surface area contributed by atoms with Gasteiger partial charge < -0.3 is 5.32 Å². The van der Waals surface area contributed by atoms with E-state index < -0.39 is 0 Å². The zero-order chi connectivity index (χ0) is 11.1. The molecule has 1 aromatic carbocycles. The molecule has 0 saturated carbocycles. The van der Waals surface area contributed by atoms with Crippen LogP contribution in [0.4, 0.5) is 0 Å². The molecule has 80 valence electrons. The molecule has 1 aliphatic rings. The summed E-state index contributed by atoms with van der Waals surface area (Å²) in [5, 5.41) is 2.82. The molecular weight excluding hydrogens is 286 g/mol. The van der Waals surface area contributed by atoms with Crippen LogP contribution in [0.2, 0.25) is 0 Å². The van der Waals surface area contributed by atoms with E-state index in [9.17, 15) is 4.79 Å². The van der Waals surface area contributed by atoms with Gasteiger partial charge in [0.05, 0.1) is 3.79 Å². The Morgan fingerprint density at radius 3 is 2.88 bits per heavy atom. The molecule has 2 heterocycles. The second-order valence-electron chi connectivity index (χ2n) is 3.66. The molecule has 0 radical (unpaired) electrons. The molecule has 1 amide bonds. The summed E-state index contributed by atoms with van der Waals surface area (Å²) in [6.07, 6.45) is 0. The first-order valence-electron chi connectivity index (χ1n) is 4.91. The van der Waals surface area contributed by atoms with Crippen molar-refractivity contribution in [3.05, 3.63) is 45.2 Å². The summed E-state index contributed by atoms with van der Waals surface area (Å²) in [5.74, 6) is 0.0360. The molecule has 2 aromatic rings. The summed E-state index contributed by atoms with van der Waals surface area (Å²) < 4.78 is 1.12. The van der Waals surface area contributed by atoms with Gasteiger partial charge in [-0.2, -0.15) is 0 Å². The lowest BCUT2D eigenvalue weighted by Crippen LogP contribution is -2.12. The lowest BCUT2D eigenvalue weighted by atomic mass is 10.1. The molecule has 0 saturated heterocycles. The van der Waals surface area contributed by atoms with E-state index in [1.165, 1.54) is 10.4 Å². The highest BCUT2D eigenvalue weighted by atomic mass is 79.9. The second-order valence-corrected chi connectivity index (χ2v) is 6.12. The van der Waals surface area contributed by atoms with Gasteiger partial charge >= 0.3 is 0 Å². The van der Waals surface area contributed by atoms with Crippen LogP contribution in [-0.2, 0) is 6.54 Å². The highest BCUT2D eigenvalue weighted by Crippen LogP contribution is 2.32. The standard InChI is InChI=1S/C12H8BrNOS/c13-11-4-3-10(16-11)7-1-2-9-8(5-7)6-14-12(9)15/h1-5H,6H2,(H,14,15). The van der Waals surface area contributed by atoms with Gasteiger partial charge in [0.1, 0.15) is 0 Å². The predicted molar refractivity (Wildman–Crippen MR) is 68.6 cm³/mol. The number of benzene rings is 1. The van der Waals surface area contributed by atoms with Crippen molar-refractivity contribution in [3.63, 3.8) is 0 Å². The van der Waals surface area contributed by atoms with Crippen molar-refractivity contribution < 1.29 is 4.79 Å². The van der Waals surface area contributed by atoms with Gasteiger partial charge in [-0.15, -0.1) is 11.3 Å². The number of thiophene rings is 1. The zero-order valence-electron chi connectivity index (χ0n) is 8.29. The Hall–Kier alpha value is -1.13. The average molecular weight is 294 g/mol. The van der Waals surface area contributed by atoms with Gasteiger partial charge in [-0.3, -0.25) is 4.79 Å². The largest absolute Gasteiger partial charge is 0.348 e. The number of rotatable bonds is 1. The van der Waals surface area contributed by atoms with Gasteiger partial charge in [0.15, 0.2) is 0 Å². The highest BCUT2D eigenvalue weighted by Gasteiger charge is 2.18. The summed E-state index contributed by atoms with van der Waals surface area (Å²) in [5.41, 5.74) is 3.07. The number of carbonyl (C=O) groups is 1. The number of carbonyl (C=O) groups excluding carboxylic acids is 1. The summed E-state index contributed by atoms with van der Waals surface area (Å²) in [7, 11) is 0. The van der Waals surface area contributed by atoms with Gasteiger partial charge in [0, 0.05) is 17.0 Å². The van der Waals surface area contributed by atoms with E-state index in [2.05, 4.69) is 33.4 Å². The van der Waals surface area contributed by atoms with E-state index in [1.807, 2.05) is 18.2 Å². The fraction of sp³-hybridized carbons (Fsp3) is 0.0833. The molecule has 0 aliphatic carbocycles. The summed E-state index contributed by atoms with van der Waals surface area (Å²) in [6, 6.07) is 10.1. The molecule has 0 fully saturated rings. The Morgan fingerprint density at radius 2 is 2.12 bits per heavy atom. The maximum absolute atomic E-state index is 11.4. The number of nitrogens with one attached hydrogen (secondary N) is 1. The summed E-state index contributed by atoms with van der Waals surface area (Å²) in [6.45, 7) is 0.647. The maximum atomic E-state index is 11.4. The SMILES string of the molecule is O=C1NCc2cc(-c3ccc(Br)s3)ccc21. The summed E-state index contributed by atoms with van der Waals surface area (Å²) >= 11 is 5.15. The van der Waals surface area contributed by atoms with Gasteiger partial charge in [-0.05, 0) is 51.3 Å². The van der Waals surface area contributed by atoms with Crippen molar-refractivity contribution in [1.82, 2.24) is 5.32 Å². The molecule has 3 rings (SSSR count). The second kappa shape index (κ2) is 3.71. The van der Waals surface area contributed by atoms with Crippen LogP contribution in [0.5, 0.6) is 0 Å². The van der Waals surface area contributed by atoms with Crippen LogP contribution < -0.4 is 5.32 Å². The highest BCUT2D eigenvalue weighted by molar-refractivity contribution is 9.11. The Labute approximate surface area is 105 Å². The molecule has 2 nitrogen and oxygen atoms in total. The Bertz CT molecular complexity index is 576. The van der Waals surface area contributed by atoms with Gasteiger partial charge in [-0.1, -0.05) is 6.07 Å². The van der Waals surface area contributed by atoms with Crippen molar-refractivity contribution in [2.75, 3.05) is 0 Å². The van der Waals surface area contributed by atoms with Crippen LogP contribution >= 0.6 is 27.3 Å². The van der Waals surface area contributed by atoms with Crippen molar-refractivity contribution in [2.24, 2.45) is 0 Å². The minimum absolute atomic E-state index is 0.0360. The minimum atomic E-state index is 0.0360. The third-order valence-electron chi connectivity index (χ3n) is 2.65. The van der Waals surface area contributed by atoms with Crippen LogP contribution in [0.3, 0.4) is 0 Å². The zero-order valence-corrected chi connectivity index (χ0v) is 10.7. The first-order chi connectivity index (χ1) is 7.74. The van der Waals surface area contributed by atoms with E-state index in [0.29, 0.717) is 6.54 Å². The Kier molecular flexibility index (Phi) is 2.33. The Balaban J connectivity index is 2.08. The molecule has 0 atom stereocenters. The molecule has 16 heavy (non-hydrogen) atoms. The monoisotopic (exact) mass is 293 g/mol. The smallest absolute Gasteiger partial charge is 0.251 e. The first kappa shape index (κ1) is 10.1. The van der Waals surface area contributed by atoms with Crippen LogP contribution in [0, 0.1) is 0 Å². The first-order valence-corrected chi connectivity index (χ1v) is 6.52. The summed E-state index contributed by atoms with van der Waals surface area (Å²) in [4.78, 5) is 12.6. The molecule has 0 spiro atoms. The topological polar surface area (TPSA) is 29.1 Å². The quantitative estimate of drug-likeness (QED) is 0.858. The lowest BCUT2D eigenvalue weighted by molar-refractivity contribution is 0.0966. The van der Waals surface area contributed by atoms with Gasteiger partial charge in [0.2, 0.25) is 0 Å². The lowest BCUT2D eigenvalue weighted by Gasteiger charge is -2.00. The number of hydrogen-bond donors (Lipinski definition) is 1. The van der Waals surface area contributed by atoms with E-state index in [0.717, 1.165) is 14.9 Å². The van der Waals surface area contributed by atoms with Crippen LogP contribution in [0.15, 0.2) is 34.1 Å². The fourth-order valence-corrected chi connectivity index (χ4v) is 3.24. The van der Waals surface area contributed by atoms with E-state index in [-0.39, 0.29) is 5.91 Å². The molecule has 4 heteroatoms. The molecular formula is C12H8BrNOS. The fourth-order valence-electron chi connectivity index (χ4n) is 1.85. The van der Waals surface area contributed by atoms with Crippen LogP contribution in [-0.4, -0.2) is 5.91 Å². The molecule has 1 aliphatic heterocycles. The van der Waals surface area contributed by atoms with E-state index >= 15 is 0 Å². The molecule has 1 N–H and O–H groups in total. The van der Waals surface area contributed by atoms with Crippen LogP contribution in [0.1, 0.15) is 15.9 Å². The van der Waals surface area contributed by atoms with E-state index in [1.54, 1.807) is 11.3 Å². The normalized spacial score (nSPS) is 13.7. The number of halogens is 1. The molecule has 1 aromatic heterocycles. The third kappa shape index (κ3) is 1.58. The maximum Gasteiger partial charge on any atom is 0.251 e. The molecule has 0 unspecified atom stereocenters. The Morgan fingerprint density at radius 1 is 1.25 bits per heavy atom. The van der Waals surface area contributed by atoms with Crippen molar-refractivity contribution in [3.8, 4) is 10.4 Å². The van der Waals surface area contributed by atoms with Crippen LogP contribution in [0.25, 0.3) is 10.4 Å². The average Bonchev–Trinajstić information content (AvgIpc) is 2.86.